The number of benzene rings is 3. The highest BCUT2D eigenvalue weighted by Crippen LogP contribution is 2.35. The topological polar surface area (TPSA) is 58.6 Å². The molecule has 0 saturated carbocycles. The largest absolute Gasteiger partial charge is 0.494 e. The fraction of sp³-hybridized carbons (Fsp3) is 0.154. The van der Waals surface area contributed by atoms with Gasteiger partial charge in [-0.25, -0.2) is 4.90 Å². The van der Waals surface area contributed by atoms with Crippen molar-refractivity contribution < 1.29 is 14.3 Å². The highest BCUT2D eigenvalue weighted by molar-refractivity contribution is 6.46. The number of aryl methyl sites for hydroxylation is 2. The van der Waals surface area contributed by atoms with E-state index in [1.807, 2.05) is 51.1 Å². The third-order valence-electron chi connectivity index (χ3n) is 5.38. The lowest BCUT2D eigenvalue weighted by Crippen LogP contribution is -2.32. The summed E-state index contributed by atoms with van der Waals surface area (Å²) in [5, 5.41) is 3.72. The average Bonchev–Trinajstić information content (AvgIpc) is 3.01. The molecular weight excluding hydrogens is 424 g/mol. The Kier molecular flexibility index (Phi) is 6.01. The number of rotatable bonds is 6. The first-order chi connectivity index (χ1) is 15.4. The maximum atomic E-state index is 13.5. The molecule has 32 heavy (non-hydrogen) atoms. The van der Waals surface area contributed by atoms with E-state index in [2.05, 4.69) is 5.32 Å². The van der Waals surface area contributed by atoms with E-state index in [0.29, 0.717) is 39.9 Å². The van der Waals surface area contributed by atoms with Crippen LogP contribution in [0.3, 0.4) is 0 Å². The second-order valence-electron chi connectivity index (χ2n) is 7.56. The summed E-state index contributed by atoms with van der Waals surface area (Å²) < 4.78 is 5.57. The number of nitrogens with zero attached hydrogens (tertiary/aromatic N) is 1. The second kappa shape index (κ2) is 8.89. The number of carbonyl (C=O) groups is 2. The number of nitrogens with one attached hydrogen (secondary N) is 1. The normalized spacial score (nSPS) is 13.7. The number of ether oxygens (including phenoxy) is 1. The lowest BCUT2D eigenvalue weighted by atomic mass is 10.0. The Morgan fingerprint density at radius 3 is 2.34 bits per heavy atom. The molecule has 3 aromatic carbocycles. The standard InChI is InChI=1S/C26H23ClN2O3/c1-4-32-22-7-5-6-20(15-22)28-24-23(18-9-11-19(27)12-10-18)25(30)29(26(24)31)21-13-8-16(2)17(3)14-21/h5-15,28H,4H2,1-3H3. The Hall–Kier alpha value is -3.57. The number of hydrogen-bond donors (Lipinski definition) is 1. The monoisotopic (exact) mass is 446 g/mol. The summed E-state index contributed by atoms with van der Waals surface area (Å²) in [6.45, 7) is 6.38. The molecule has 0 bridgehead atoms. The van der Waals surface area contributed by atoms with E-state index < -0.39 is 5.91 Å². The molecule has 5 nitrogen and oxygen atoms in total. The van der Waals surface area contributed by atoms with Crippen LogP contribution in [0.1, 0.15) is 23.6 Å². The van der Waals surface area contributed by atoms with Crippen molar-refractivity contribution in [2.75, 3.05) is 16.8 Å². The molecule has 0 spiro atoms. The van der Waals surface area contributed by atoms with E-state index in [9.17, 15) is 9.59 Å². The van der Waals surface area contributed by atoms with Gasteiger partial charge in [-0.1, -0.05) is 35.9 Å². The van der Waals surface area contributed by atoms with Gasteiger partial charge in [0.15, 0.2) is 0 Å². The third-order valence-corrected chi connectivity index (χ3v) is 5.63. The molecule has 0 unspecified atom stereocenters. The van der Waals surface area contributed by atoms with Gasteiger partial charge in [0, 0.05) is 16.8 Å². The molecule has 3 aromatic rings. The van der Waals surface area contributed by atoms with Crippen molar-refractivity contribution in [3.05, 3.63) is 94.1 Å². The maximum absolute atomic E-state index is 13.5. The lowest BCUT2D eigenvalue weighted by molar-refractivity contribution is -0.120. The van der Waals surface area contributed by atoms with Crippen LogP contribution in [0, 0.1) is 13.8 Å². The first-order valence-electron chi connectivity index (χ1n) is 10.3. The van der Waals surface area contributed by atoms with E-state index in [-0.39, 0.29) is 11.6 Å². The quantitative estimate of drug-likeness (QED) is 0.489. The summed E-state index contributed by atoms with van der Waals surface area (Å²) in [6, 6.07) is 19.7. The van der Waals surface area contributed by atoms with Gasteiger partial charge in [-0.05, 0) is 73.9 Å². The Morgan fingerprint density at radius 2 is 1.66 bits per heavy atom. The average molecular weight is 447 g/mol. The van der Waals surface area contributed by atoms with Gasteiger partial charge in [-0.15, -0.1) is 0 Å². The molecule has 0 atom stereocenters. The van der Waals surface area contributed by atoms with Crippen molar-refractivity contribution in [3.8, 4) is 5.75 Å². The summed E-state index contributed by atoms with van der Waals surface area (Å²) >= 11 is 6.05. The third kappa shape index (κ3) is 4.12. The van der Waals surface area contributed by atoms with Gasteiger partial charge in [0.05, 0.1) is 17.9 Å². The predicted octanol–water partition coefficient (Wildman–Crippen LogP) is 5.75. The molecule has 1 aliphatic heterocycles. The SMILES string of the molecule is CCOc1cccc(NC2=C(c3ccc(Cl)cc3)C(=O)N(c3ccc(C)c(C)c3)C2=O)c1. The van der Waals surface area contributed by atoms with Gasteiger partial charge >= 0.3 is 0 Å². The fourth-order valence-electron chi connectivity index (χ4n) is 3.60. The van der Waals surface area contributed by atoms with Gasteiger partial charge in [0.2, 0.25) is 0 Å². The molecule has 0 aromatic heterocycles. The summed E-state index contributed by atoms with van der Waals surface area (Å²) in [7, 11) is 0. The minimum atomic E-state index is -0.412. The number of amides is 2. The van der Waals surface area contributed by atoms with E-state index in [4.69, 9.17) is 16.3 Å². The number of halogens is 1. The molecule has 0 radical (unpaired) electrons. The molecule has 0 aliphatic carbocycles. The zero-order valence-corrected chi connectivity index (χ0v) is 18.9. The molecule has 1 heterocycles. The van der Waals surface area contributed by atoms with Crippen LogP contribution in [-0.2, 0) is 9.59 Å². The van der Waals surface area contributed by atoms with E-state index in [1.165, 1.54) is 4.90 Å². The Bertz CT molecular complexity index is 1230. The molecule has 4 rings (SSSR count). The Labute approximate surface area is 192 Å². The number of anilines is 2. The second-order valence-corrected chi connectivity index (χ2v) is 7.99. The van der Waals surface area contributed by atoms with Crippen LogP contribution in [0.4, 0.5) is 11.4 Å². The van der Waals surface area contributed by atoms with Gasteiger partial charge in [-0.2, -0.15) is 0 Å². The summed E-state index contributed by atoms with van der Waals surface area (Å²) in [5.41, 5.74) is 4.40. The summed E-state index contributed by atoms with van der Waals surface area (Å²) in [6.07, 6.45) is 0. The summed E-state index contributed by atoms with van der Waals surface area (Å²) in [4.78, 5) is 28.2. The molecule has 0 saturated heterocycles. The highest BCUT2D eigenvalue weighted by Gasteiger charge is 2.40. The summed E-state index contributed by atoms with van der Waals surface area (Å²) in [5.74, 6) is -0.122. The molecular formula is C26H23ClN2O3. The Balaban J connectivity index is 1.80. The highest BCUT2D eigenvalue weighted by atomic mass is 35.5. The van der Waals surface area contributed by atoms with Gasteiger partial charge in [-0.3, -0.25) is 9.59 Å². The van der Waals surface area contributed by atoms with Crippen molar-refractivity contribution in [3.63, 3.8) is 0 Å². The lowest BCUT2D eigenvalue weighted by Gasteiger charge is -2.17. The van der Waals surface area contributed by atoms with Crippen LogP contribution in [0.5, 0.6) is 5.75 Å². The molecule has 162 valence electrons. The van der Waals surface area contributed by atoms with E-state index in [0.717, 1.165) is 11.1 Å². The van der Waals surface area contributed by atoms with E-state index >= 15 is 0 Å². The maximum Gasteiger partial charge on any atom is 0.282 e. The van der Waals surface area contributed by atoms with Crippen LogP contribution in [0.15, 0.2) is 72.4 Å². The molecule has 2 amide bonds. The minimum Gasteiger partial charge on any atom is -0.494 e. The fourth-order valence-corrected chi connectivity index (χ4v) is 3.73. The first-order valence-corrected chi connectivity index (χ1v) is 10.7. The number of imide groups is 1. The first kappa shape index (κ1) is 21.7. The zero-order valence-electron chi connectivity index (χ0n) is 18.1. The van der Waals surface area contributed by atoms with Crippen LogP contribution in [0.25, 0.3) is 5.57 Å². The van der Waals surface area contributed by atoms with Crippen molar-refractivity contribution >= 4 is 40.4 Å². The van der Waals surface area contributed by atoms with Gasteiger partial charge in [0.25, 0.3) is 11.8 Å². The number of carbonyl (C=O) groups excluding carboxylic acids is 2. The van der Waals surface area contributed by atoms with Crippen LogP contribution < -0.4 is 15.0 Å². The van der Waals surface area contributed by atoms with Crippen molar-refractivity contribution in [1.29, 1.82) is 0 Å². The molecule has 6 heteroatoms. The van der Waals surface area contributed by atoms with Crippen LogP contribution in [-0.4, -0.2) is 18.4 Å². The van der Waals surface area contributed by atoms with Gasteiger partial charge < -0.3 is 10.1 Å². The molecule has 1 N–H and O–H groups in total. The minimum absolute atomic E-state index is 0.212. The van der Waals surface area contributed by atoms with Crippen LogP contribution in [0.2, 0.25) is 5.02 Å². The number of hydrogen-bond acceptors (Lipinski definition) is 4. The van der Waals surface area contributed by atoms with Crippen molar-refractivity contribution in [2.24, 2.45) is 0 Å². The zero-order chi connectivity index (χ0) is 22.8. The Morgan fingerprint density at radius 1 is 0.906 bits per heavy atom. The van der Waals surface area contributed by atoms with Crippen molar-refractivity contribution in [2.45, 2.75) is 20.8 Å². The van der Waals surface area contributed by atoms with Crippen LogP contribution >= 0.6 is 11.6 Å². The van der Waals surface area contributed by atoms with Gasteiger partial charge in [0.1, 0.15) is 11.4 Å². The molecule has 1 aliphatic rings. The van der Waals surface area contributed by atoms with E-state index in [1.54, 1.807) is 36.4 Å². The van der Waals surface area contributed by atoms with Crippen molar-refractivity contribution in [1.82, 2.24) is 0 Å². The molecule has 0 fully saturated rings. The predicted molar refractivity (Wildman–Crippen MR) is 128 cm³/mol. The smallest absolute Gasteiger partial charge is 0.282 e.